The molecule has 0 saturated heterocycles. The van der Waals surface area contributed by atoms with E-state index in [2.05, 4.69) is 96.3 Å². The number of rotatable bonds is 7. The Morgan fingerprint density at radius 2 is 1.57 bits per heavy atom. The van der Waals surface area contributed by atoms with Crippen molar-refractivity contribution in [1.82, 2.24) is 9.97 Å². The van der Waals surface area contributed by atoms with Gasteiger partial charge in [-0.25, -0.2) is 0 Å². The summed E-state index contributed by atoms with van der Waals surface area (Å²) in [6, 6.07) is 46.8. The number of furan rings is 1. The van der Waals surface area contributed by atoms with E-state index >= 15 is 0 Å². The summed E-state index contributed by atoms with van der Waals surface area (Å²) in [4.78, 5) is 9.22. The molecule has 1 aliphatic rings. The van der Waals surface area contributed by atoms with Gasteiger partial charge in [0.25, 0.3) is 0 Å². The third-order valence-corrected chi connectivity index (χ3v) is 12.3. The van der Waals surface area contributed by atoms with Crippen molar-refractivity contribution in [2.24, 2.45) is 0 Å². The molecule has 283 valence electrons. The van der Waals surface area contributed by atoms with Gasteiger partial charge < -0.3 is 14.4 Å². The third-order valence-electron chi connectivity index (χ3n) is 10.3. The molecule has 8 aromatic rings. The summed E-state index contributed by atoms with van der Waals surface area (Å²) in [5.41, 5.74) is 9.37. The Morgan fingerprint density at radius 1 is 0.786 bits per heavy atom. The van der Waals surface area contributed by atoms with Gasteiger partial charge >= 0.3 is 0 Å². The average molecular weight is 931 g/mol. The monoisotopic (exact) mass is 931 g/mol. The summed E-state index contributed by atoms with van der Waals surface area (Å²) in [6.07, 6.45) is 7.24. The summed E-state index contributed by atoms with van der Waals surface area (Å²) in [7, 11) is -1.87. The van der Waals surface area contributed by atoms with Crippen molar-refractivity contribution in [2.75, 3.05) is 0 Å². The Kier molecular flexibility index (Phi) is 10.0. The zero-order valence-corrected chi connectivity index (χ0v) is 35.3. The third kappa shape index (κ3) is 8.87. The molecular weight excluding hydrogens is 877 g/mol. The molecule has 1 aliphatic carbocycles. The SMILES string of the molecule is [2H]C([2H])([2H])c1c[c-]c(-c2cc(C([2H])([2H])c3ccccc3)c([Si](C)(C)C)cn2)cc1.[2H]C1(c2ccnc(-c3[c-]ccc4c3oc3cc(-c5ccccc5)ccc34)c2)CCCCC1.[Ir]. The van der Waals surface area contributed by atoms with Crippen LogP contribution in [-0.4, -0.2) is 18.0 Å². The topological polar surface area (TPSA) is 38.9 Å². The van der Waals surface area contributed by atoms with Gasteiger partial charge in [0, 0.05) is 46.1 Å². The van der Waals surface area contributed by atoms with Gasteiger partial charge in [-0.3, -0.25) is 0 Å². The number of pyridine rings is 2. The minimum atomic E-state index is -2.18. The normalized spacial score (nSPS) is 15.8. The van der Waals surface area contributed by atoms with Crippen molar-refractivity contribution in [2.45, 2.75) is 70.9 Å². The number of fused-ring (bicyclic) bond motifs is 3. The number of hydrogen-bond acceptors (Lipinski definition) is 3. The van der Waals surface area contributed by atoms with Gasteiger partial charge in [0.15, 0.2) is 0 Å². The predicted octanol–water partition coefficient (Wildman–Crippen LogP) is 13.2. The van der Waals surface area contributed by atoms with Crippen molar-refractivity contribution in [3.8, 4) is 33.6 Å². The number of nitrogens with zero attached hydrogens (tertiary/aromatic N) is 2. The Bertz CT molecular complexity index is 2800. The molecule has 3 aromatic heterocycles. The molecule has 56 heavy (non-hydrogen) atoms. The van der Waals surface area contributed by atoms with Crippen LogP contribution in [0.5, 0.6) is 0 Å². The fourth-order valence-corrected chi connectivity index (χ4v) is 8.76. The van der Waals surface area contributed by atoms with E-state index in [1.54, 1.807) is 36.5 Å². The van der Waals surface area contributed by atoms with Crippen molar-refractivity contribution >= 4 is 35.2 Å². The molecular formula is C51H48IrN2OSi-2. The van der Waals surface area contributed by atoms with E-state index in [1.165, 1.54) is 18.1 Å². The second kappa shape index (κ2) is 17.5. The summed E-state index contributed by atoms with van der Waals surface area (Å²) in [6.45, 7) is 4.34. The van der Waals surface area contributed by atoms with Crippen LogP contribution in [0.2, 0.25) is 19.6 Å². The minimum Gasteiger partial charge on any atom is -0.501 e. The van der Waals surface area contributed by atoms with Gasteiger partial charge in [-0.1, -0.05) is 153 Å². The number of benzene rings is 5. The number of hydrogen-bond donors (Lipinski definition) is 0. The minimum absolute atomic E-state index is 0. The fraction of sp³-hybridized carbons (Fsp3) is 0.216. The van der Waals surface area contributed by atoms with E-state index in [9.17, 15) is 0 Å². The molecule has 1 fully saturated rings. The summed E-state index contributed by atoms with van der Waals surface area (Å²) < 4.78 is 55.7. The van der Waals surface area contributed by atoms with E-state index < -0.39 is 27.2 Å². The van der Waals surface area contributed by atoms with Crippen molar-refractivity contribution in [1.29, 1.82) is 0 Å². The molecule has 0 bridgehead atoms. The molecule has 5 heteroatoms. The zero-order valence-electron chi connectivity index (χ0n) is 38.0. The molecule has 0 amide bonds. The van der Waals surface area contributed by atoms with Crippen LogP contribution in [0.25, 0.3) is 55.6 Å². The van der Waals surface area contributed by atoms with Crippen LogP contribution >= 0.6 is 0 Å². The van der Waals surface area contributed by atoms with Gasteiger partial charge in [0.2, 0.25) is 0 Å². The summed E-state index contributed by atoms with van der Waals surface area (Å²) in [5.74, 6) is -0.512. The second-order valence-electron chi connectivity index (χ2n) is 15.2. The predicted molar refractivity (Wildman–Crippen MR) is 233 cm³/mol. The Hall–Kier alpha value is -4.93. The summed E-state index contributed by atoms with van der Waals surface area (Å²) in [5, 5.41) is 3.13. The van der Waals surface area contributed by atoms with E-state index in [1.807, 2.05) is 42.6 Å². The van der Waals surface area contributed by atoms with Gasteiger partial charge in [0.1, 0.15) is 5.58 Å². The second-order valence-corrected chi connectivity index (χ2v) is 20.3. The van der Waals surface area contributed by atoms with Crippen molar-refractivity contribution < 1.29 is 32.7 Å². The molecule has 0 spiro atoms. The van der Waals surface area contributed by atoms with E-state index in [0.29, 0.717) is 22.4 Å². The molecule has 3 heterocycles. The van der Waals surface area contributed by atoms with Gasteiger partial charge in [-0.2, -0.15) is 0 Å². The van der Waals surface area contributed by atoms with Crippen LogP contribution in [-0.2, 0) is 26.5 Å². The molecule has 1 radical (unpaired) electrons. The van der Waals surface area contributed by atoms with Crippen LogP contribution in [0.3, 0.4) is 0 Å². The quantitative estimate of drug-likeness (QED) is 0.118. The van der Waals surface area contributed by atoms with Gasteiger partial charge in [-0.15, -0.1) is 53.6 Å². The van der Waals surface area contributed by atoms with Crippen LogP contribution < -0.4 is 5.19 Å². The molecule has 5 aromatic carbocycles. The molecule has 0 aliphatic heterocycles. The maximum atomic E-state index is 9.02. The molecule has 0 unspecified atom stereocenters. The zero-order chi connectivity index (χ0) is 43.0. The van der Waals surface area contributed by atoms with Crippen LogP contribution in [0.4, 0.5) is 0 Å². The van der Waals surface area contributed by atoms with Crippen molar-refractivity contribution in [3.63, 3.8) is 0 Å². The van der Waals surface area contributed by atoms with Gasteiger partial charge in [-0.05, 0) is 70.5 Å². The Morgan fingerprint density at radius 3 is 2.30 bits per heavy atom. The molecule has 0 N–H and O–H groups in total. The maximum Gasteiger partial charge on any atom is 0.121 e. The maximum absolute atomic E-state index is 9.02. The first-order chi connectivity index (χ1) is 29.1. The first kappa shape index (κ1) is 32.2. The van der Waals surface area contributed by atoms with Crippen LogP contribution in [0, 0.1) is 19.0 Å². The fourth-order valence-electron chi connectivity index (χ4n) is 7.36. The molecule has 3 nitrogen and oxygen atoms in total. The van der Waals surface area contributed by atoms with Crippen LogP contribution in [0.1, 0.15) is 68.5 Å². The average Bonchev–Trinajstić information content (AvgIpc) is 3.65. The van der Waals surface area contributed by atoms with Crippen molar-refractivity contribution in [3.05, 3.63) is 174 Å². The first-order valence-corrected chi connectivity index (χ1v) is 22.6. The van der Waals surface area contributed by atoms with E-state index in [0.717, 1.165) is 75.2 Å². The number of aryl methyl sites for hydroxylation is 1. The summed E-state index contributed by atoms with van der Waals surface area (Å²) >= 11 is 0. The molecule has 9 rings (SSSR count). The van der Waals surface area contributed by atoms with Gasteiger partial charge in [0.05, 0.1) is 13.7 Å². The van der Waals surface area contributed by atoms with Crippen LogP contribution in [0.15, 0.2) is 144 Å². The first-order valence-electron chi connectivity index (χ1n) is 22.1. The smallest absolute Gasteiger partial charge is 0.121 e. The molecule has 1 saturated carbocycles. The Balaban J connectivity index is 0.000000185. The number of aromatic nitrogens is 2. The van der Waals surface area contributed by atoms with E-state index in [-0.39, 0.29) is 25.7 Å². The standard InChI is InChI=1S/C29H24NO.C22H24NSi.Ir/c1-3-8-20(9-4-1)22-14-15-24-25-12-7-13-26(29(25)31-28(24)19-22)27-18-23(16-17-30-27)21-10-5-2-6-11-21;1-17-10-12-19(13-11-17)21-15-20(14-18-8-6-5-7-9-18)22(16-23-21)24(2,3)4;/h1,3-4,7-9,12,14-19,21H,2,5-6,10-11H2;5-12,15-16H,14H2,1-4H3;/q2*-1;/i21D;1D3,14D2;. The largest absolute Gasteiger partial charge is 0.501 e. The molecule has 0 atom stereocenters. The van der Waals surface area contributed by atoms with E-state index in [4.69, 9.17) is 12.6 Å². The Labute approximate surface area is 355 Å².